The van der Waals surface area contributed by atoms with Gasteiger partial charge in [0.25, 0.3) is 0 Å². The number of benzene rings is 1. The summed E-state index contributed by atoms with van der Waals surface area (Å²) in [7, 11) is -2.40. The molecule has 140 valence electrons. The molecule has 0 aromatic heterocycles. The fraction of sp³-hybridized carbons (Fsp3) is 0.611. The third kappa shape index (κ3) is 5.47. The second-order valence-corrected chi connectivity index (χ2v) is 11.3. The van der Waals surface area contributed by atoms with Crippen molar-refractivity contribution in [2.45, 2.75) is 38.8 Å². The molecule has 25 heavy (non-hydrogen) atoms. The Kier molecular flexibility index (Phi) is 6.24. The maximum absolute atomic E-state index is 12.6. The molecule has 1 aromatic rings. The second-order valence-electron chi connectivity index (χ2n) is 7.67. The molecular formula is C18H27ClNO4P. The zero-order valence-electron chi connectivity index (χ0n) is 15.5. The lowest BCUT2D eigenvalue weighted by Gasteiger charge is -2.32. The molecular weight excluding hydrogens is 361 g/mol. The van der Waals surface area contributed by atoms with E-state index < -0.39 is 12.7 Å². The van der Waals surface area contributed by atoms with Gasteiger partial charge in [-0.15, -0.1) is 0 Å². The number of hydrogen-bond donors (Lipinski definition) is 0. The van der Waals surface area contributed by atoms with Gasteiger partial charge in [0.05, 0.1) is 12.6 Å². The van der Waals surface area contributed by atoms with Crippen LogP contribution in [0.15, 0.2) is 18.2 Å². The minimum atomic E-state index is -2.40. The van der Waals surface area contributed by atoms with E-state index in [0.29, 0.717) is 24.8 Å². The number of rotatable bonds is 2. The molecule has 1 aliphatic heterocycles. The maximum atomic E-state index is 12.6. The summed E-state index contributed by atoms with van der Waals surface area (Å²) in [5.41, 5.74) is 0.214. The average Bonchev–Trinajstić information content (AvgIpc) is 2.70. The number of amides is 1. The van der Waals surface area contributed by atoms with E-state index in [4.69, 9.17) is 21.1 Å². The molecule has 0 N–H and O–H groups in total. The Hall–Kier alpha value is -1.03. The van der Waals surface area contributed by atoms with Crippen LogP contribution in [0.25, 0.3) is 0 Å². The molecule has 1 saturated heterocycles. The first-order chi connectivity index (χ1) is 11.5. The quantitative estimate of drug-likeness (QED) is 0.710. The van der Waals surface area contributed by atoms with Crippen molar-refractivity contribution in [3.63, 3.8) is 0 Å². The Morgan fingerprint density at radius 1 is 1.36 bits per heavy atom. The normalized spacial score (nSPS) is 19.4. The van der Waals surface area contributed by atoms with E-state index in [1.54, 1.807) is 24.3 Å². The van der Waals surface area contributed by atoms with Gasteiger partial charge in [0, 0.05) is 23.5 Å². The SMILES string of the molecule is CC(C)(C)OC(=O)N1CCCOC[C@H]1c1ccc(P(C)(C)=O)cc1Cl. The van der Waals surface area contributed by atoms with Crippen LogP contribution < -0.4 is 5.30 Å². The topological polar surface area (TPSA) is 55.8 Å². The summed E-state index contributed by atoms with van der Waals surface area (Å²) in [6.45, 7) is 10.4. The Balaban J connectivity index is 2.35. The Bertz CT molecular complexity index is 680. The molecule has 0 radical (unpaired) electrons. The first kappa shape index (κ1) is 20.3. The summed E-state index contributed by atoms with van der Waals surface area (Å²) in [4.78, 5) is 14.3. The summed E-state index contributed by atoms with van der Waals surface area (Å²) in [6, 6.07) is 5.07. The van der Waals surface area contributed by atoms with Gasteiger partial charge in [0.2, 0.25) is 0 Å². The van der Waals surface area contributed by atoms with Gasteiger partial charge in [0.15, 0.2) is 0 Å². The van der Waals surface area contributed by atoms with Crippen LogP contribution in [0.4, 0.5) is 4.79 Å². The first-order valence-electron chi connectivity index (χ1n) is 8.41. The van der Waals surface area contributed by atoms with Crippen molar-refractivity contribution in [1.29, 1.82) is 0 Å². The standard InChI is InChI=1S/C18H27ClNO4P/c1-18(2,3)24-17(21)20-9-6-10-23-12-16(20)14-8-7-13(11-15(14)19)25(4,5)22/h7-8,11,16H,6,9-10,12H2,1-5H3/t16-/m0/s1. The highest BCUT2D eigenvalue weighted by atomic mass is 35.5. The van der Waals surface area contributed by atoms with E-state index in [1.165, 1.54) is 0 Å². The van der Waals surface area contributed by atoms with E-state index in [-0.39, 0.29) is 12.1 Å². The van der Waals surface area contributed by atoms with Crippen molar-refractivity contribution in [2.75, 3.05) is 33.1 Å². The number of ether oxygens (including phenoxy) is 2. The highest BCUT2D eigenvalue weighted by molar-refractivity contribution is 7.70. The Morgan fingerprint density at radius 2 is 2.04 bits per heavy atom. The lowest BCUT2D eigenvalue weighted by atomic mass is 10.1. The fourth-order valence-corrected chi connectivity index (χ4v) is 3.95. The zero-order chi connectivity index (χ0) is 18.8. The van der Waals surface area contributed by atoms with Crippen molar-refractivity contribution < 1.29 is 18.8 Å². The largest absolute Gasteiger partial charge is 0.444 e. The zero-order valence-corrected chi connectivity index (χ0v) is 17.2. The van der Waals surface area contributed by atoms with Crippen molar-refractivity contribution in [1.82, 2.24) is 4.90 Å². The van der Waals surface area contributed by atoms with Gasteiger partial charge in [-0.05, 0) is 52.2 Å². The summed E-state index contributed by atoms with van der Waals surface area (Å²) >= 11 is 6.47. The number of nitrogens with zero attached hydrogens (tertiary/aromatic N) is 1. The minimum absolute atomic E-state index is 0.327. The highest BCUT2D eigenvalue weighted by Gasteiger charge is 2.32. The van der Waals surface area contributed by atoms with Crippen LogP contribution in [0.5, 0.6) is 0 Å². The molecule has 1 aromatic carbocycles. The molecule has 0 spiro atoms. The summed E-state index contributed by atoms with van der Waals surface area (Å²) in [6.07, 6.45) is 0.365. The number of hydrogen-bond acceptors (Lipinski definition) is 4. The molecule has 0 saturated carbocycles. The lowest BCUT2D eigenvalue weighted by Crippen LogP contribution is -2.40. The van der Waals surface area contributed by atoms with E-state index in [0.717, 1.165) is 17.3 Å². The fourth-order valence-electron chi connectivity index (χ4n) is 2.70. The Labute approximate surface area is 155 Å². The minimum Gasteiger partial charge on any atom is -0.444 e. The Morgan fingerprint density at radius 3 is 2.60 bits per heavy atom. The molecule has 0 bridgehead atoms. The summed E-state index contributed by atoms with van der Waals surface area (Å²) in [5, 5.41) is 1.21. The van der Waals surface area contributed by atoms with Crippen LogP contribution in [-0.4, -0.2) is 49.7 Å². The van der Waals surface area contributed by atoms with Crippen molar-refractivity contribution in [2.24, 2.45) is 0 Å². The van der Waals surface area contributed by atoms with Gasteiger partial charge in [-0.2, -0.15) is 0 Å². The van der Waals surface area contributed by atoms with Gasteiger partial charge >= 0.3 is 6.09 Å². The van der Waals surface area contributed by atoms with E-state index >= 15 is 0 Å². The van der Waals surface area contributed by atoms with Crippen LogP contribution in [0.3, 0.4) is 0 Å². The molecule has 0 aliphatic carbocycles. The van der Waals surface area contributed by atoms with Crippen LogP contribution in [-0.2, 0) is 14.0 Å². The molecule has 1 fully saturated rings. The van der Waals surface area contributed by atoms with Crippen LogP contribution >= 0.6 is 18.7 Å². The third-order valence-electron chi connectivity index (χ3n) is 3.93. The second kappa shape index (κ2) is 7.69. The van der Waals surface area contributed by atoms with Gasteiger partial charge in [-0.3, -0.25) is 4.90 Å². The van der Waals surface area contributed by atoms with E-state index in [9.17, 15) is 9.36 Å². The predicted octanol–water partition coefficient (Wildman–Crippen LogP) is 4.29. The molecule has 1 atom stereocenters. The van der Waals surface area contributed by atoms with Crippen molar-refractivity contribution >= 4 is 30.1 Å². The molecule has 7 heteroatoms. The van der Waals surface area contributed by atoms with Crippen molar-refractivity contribution in [3.05, 3.63) is 28.8 Å². The highest BCUT2D eigenvalue weighted by Crippen LogP contribution is 2.38. The van der Waals surface area contributed by atoms with Crippen LogP contribution in [0.1, 0.15) is 38.8 Å². The molecule has 1 amide bonds. The number of carbonyl (C=O) groups excluding carboxylic acids is 1. The molecule has 1 aliphatic rings. The van der Waals surface area contributed by atoms with Gasteiger partial charge in [-0.1, -0.05) is 23.7 Å². The molecule has 2 rings (SSSR count). The van der Waals surface area contributed by atoms with Crippen molar-refractivity contribution in [3.8, 4) is 0 Å². The average molecular weight is 388 g/mol. The van der Waals surface area contributed by atoms with E-state index in [1.807, 2.05) is 32.9 Å². The monoisotopic (exact) mass is 387 g/mol. The molecule has 0 unspecified atom stereocenters. The first-order valence-corrected chi connectivity index (χ1v) is 11.4. The number of carbonyl (C=O) groups is 1. The number of halogens is 1. The van der Waals surface area contributed by atoms with Crippen LogP contribution in [0, 0.1) is 0 Å². The lowest BCUT2D eigenvalue weighted by molar-refractivity contribution is 0.0119. The molecule has 5 nitrogen and oxygen atoms in total. The predicted molar refractivity (Wildman–Crippen MR) is 102 cm³/mol. The third-order valence-corrected chi connectivity index (χ3v) is 5.78. The van der Waals surface area contributed by atoms with Gasteiger partial charge in [-0.25, -0.2) is 4.79 Å². The van der Waals surface area contributed by atoms with E-state index in [2.05, 4.69) is 0 Å². The maximum Gasteiger partial charge on any atom is 0.410 e. The molecule has 1 heterocycles. The van der Waals surface area contributed by atoms with Crippen LogP contribution in [0.2, 0.25) is 5.02 Å². The summed E-state index contributed by atoms with van der Waals surface area (Å²) < 4.78 is 23.5. The van der Waals surface area contributed by atoms with Gasteiger partial charge < -0.3 is 14.0 Å². The van der Waals surface area contributed by atoms with Gasteiger partial charge in [0.1, 0.15) is 12.7 Å². The summed E-state index contributed by atoms with van der Waals surface area (Å²) in [5.74, 6) is 0. The smallest absolute Gasteiger partial charge is 0.410 e.